The van der Waals surface area contributed by atoms with Gasteiger partial charge in [-0.25, -0.2) is 9.78 Å². The van der Waals surface area contributed by atoms with Gasteiger partial charge in [0, 0.05) is 7.11 Å². The van der Waals surface area contributed by atoms with Crippen molar-refractivity contribution in [3.63, 3.8) is 0 Å². The van der Waals surface area contributed by atoms with Crippen LogP contribution in [0.5, 0.6) is 5.88 Å². The monoisotopic (exact) mass is 289 g/mol. The minimum absolute atomic E-state index is 0.207. The maximum Gasteiger partial charge on any atom is 0.356 e. The normalized spacial score (nSPS) is 9.94. The molecule has 0 amide bonds. The first-order valence-corrected chi connectivity index (χ1v) is 5.35. The molecule has 1 aromatic rings. The van der Waals surface area contributed by atoms with E-state index in [1.807, 2.05) is 0 Å². The van der Waals surface area contributed by atoms with Crippen molar-refractivity contribution < 1.29 is 19.0 Å². The summed E-state index contributed by atoms with van der Waals surface area (Å²) in [4.78, 5) is 15.2. The summed E-state index contributed by atoms with van der Waals surface area (Å²) in [6.07, 6.45) is 0. The molecule has 1 rings (SSSR count). The largest absolute Gasteiger partial charge is 0.474 e. The average Bonchev–Trinajstić information content (AvgIpc) is 2.31. The van der Waals surface area contributed by atoms with E-state index in [0.29, 0.717) is 23.6 Å². The summed E-state index contributed by atoms with van der Waals surface area (Å²) in [5.41, 5.74) is 0.207. The second-order valence-electron chi connectivity index (χ2n) is 2.82. The van der Waals surface area contributed by atoms with Gasteiger partial charge in [-0.05, 0) is 28.1 Å². The molecule has 0 bridgehead atoms. The van der Waals surface area contributed by atoms with Crippen molar-refractivity contribution in [2.45, 2.75) is 0 Å². The first-order chi connectivity index (χ1) is 7.69. The van der Waals surface area contributed by atoms with Crippen LogP contribution in [-0.2, 0) is 9.47 Å². The van der Waals surface area contributed by atoms with Gasteiger partial charge in [-0.15, -0.1) is 0 Å². The van der Waals surface area contributed by atoms with Crippen LogP contribution in [0.25, 0.3) is 0 Å². The highest BCUT2D eigenvalue weighted by atomic mass is 79.9. The molecule has 0 aliphatic carbocycles. The summed E-state index contributed by atoms with van der Waals surface area (Å²) in [5.74, 6) is -0.149. The Morgan fingerprint density at radius 2 is 2.12 bits per heavy atom. The molecule has 6 heteroatoms. The summed E-state index contributed by atoms with van der Waals surface area (Å²) in [5, 5.41) is 0. The number of pyridine rings is 1. The van der Waals surface area contributed by atoms with Gasteiger partial charge in [0.25, 0.3) is 0 Å². The van der Waals surface area contributed by atoms with E-state index in [1.54, 1.807) is 19.2 Å². The zero-order valence-corrected chi connectivity index (χ0v) is 10.6. The van der Waals surface area contributed by atoms with Gasteiger partial charge >= 0.3 is 5.97 Å². The van der Waals surface area contributed by atoms with Crippen LogP contribution in [0, 0.1) is 0 Å². The van der Waals surface area contributed by atoms with Crippen LogP contribution in [0.3, 0.4) is 0 Å². The predicted octanol–water partition coefficient (Wildman–Crippen LogP) is 1.66. The zero-order chi connectivity index (χ0) is 12.0. The standard InChI is InChI=1S/C10H12BrNO4/c1-14-5-6-16-9-7(11)3-4-8(12-9)10(13)15-2/h3-4H,5-6H2,1-2H3. The molecule has 0 spiro atoms. The highest BCUT2D eigenvalue weighted by Gasteiger charge is 2.11. The molecular formula is C10H12BrNO4. The quantitative estimate of drug-likeness (QED) is 0.609. The van der Waals surface area contributed by atoms with Crippen molar-refractivity contribution in [1.29, 1.82) is 0 Å². The van der Waals surface area contributed by atoms with Crippen LogP contribution >= 0.6 is 15.9 Å². The van der Waals surface area contributed by atoms with Crippen LogP contribution in [0.1, 0.15) is 10.5 Å². The van der Waals surface area contributed by atoms with Crippen molar-refractivity contribution in [2.75, 3.05) is 27.4 Å². The molecule has 0 aromatic carbocycles. The summed E-state index contributed by atoms with van der Waals surface area (Å²) in [7, 11) is 2.88. The number of methoxy groups -OCH3 is 2. The molecule has 88 valence electrons. The number of nitrogens with zero attached hydrogens (tertiary/aromatic N) is 1. The maximum atomic E-state index is 11.2. The van der Waals surface area contributed by atoms with Crippen LogP contribution in [0.15, 0.2) is 16.6 Å². The van der Waals surface area contributed by atoms with Crippen molar-refractivity contribution in [3.8, 4) is 5.88 Å². The Kier molecular flexibility index (Phi) is 5.21. The molecule has 1 heterocycles. The fourth-order valence-electron chi connectivity index (χ4n) is 0.965. The molecule has 0 radical (unpaired) electrons. The average molecular weight is 290 g/mol. The Morgan fingerprint density at radius 3 is 2.75 bits per heavy atom. The Hall–Kier alpha value is -1.14. The van der Waals surface area contributed by atoms with Gasteiger partial charge in [0.1, 0.15) is 6.61 Å². The minimum atomic E-state index is -0.496. The number of carbonyl (C=O) groups excluding carboxylic acids is 1. The van der Waals surface area contributed by atoms with E-state index in [0.717, 1.165) is 0 Å². The molecule has 0 atom stereocenters. The number of hydrogen-bond donors (Lipinski definition) is 0. The van der Waals surface area contributed by atoms with Gasteiger partial charge in [-0.3, -0.25) is 0 Å². The Labute approximate surface area is 102 Å². The SMILES string of the molecule is COCCOc1nc(C(=O)OC)ccc1Br. The second-order valence-corrected chi connectivity index (χ2v) is 3.67. The minimum Gasteiger partial charge on any atom is -0.474 e. The molecule has 0 saturated heterocycles. The summed E-state index contributed by atoms with van der Waals surface area (Å²) >= 11 is 3.27. The van der Waals surface area contributed by atoms with Crippen molar-refractivity contribution in [2.24, 2.45) is 0 Å². The van der Waals surface area contributed by atoms with Gasteiger partial charge in [0.05, 0.1) is 18.2 Å². The van der Waals surface area contributed by atoms with Gasteiger partial charge in [0.15, 0.2) is 5.69 Å². The topological polar surface area (TPSA) is 57.7 Å². The molecule has 5 nitrogen and oxygen atoms in total. The molecule has 0 N–H and O–H groups in total. The van der Waals surface area contributed by atoms with Gasteiger partial charge in [0.2, 0.25) is 5.88 Å². The van der Waals surface area contributed by atoms with E-state index in [1.165, 1.54) is 7.11 Å². The smallest absolute Gasteiger partial charge is 0.356 e. The lowest BCUT2D eigenvalue weighted by molar-refractivity contribution is 0.0592. The number of carbonyl (C=O) groups is 1. The summed E-state index contributed by atoms with van der Waals surface area (Å²) in [6.45, 7) is 0.823. The van der Waals surface area contributed by atoms with Crippen LogP contribution in [0.2, 0.25) is 0 Å². The lowest BCUT2D eigenvalue weighted by Gasteiger charge is -2.07. The number of halogens is 1. The van der Waals surface area contributed by atoms with E-state index in [4.69, 9.17) is 9.47 Å². The van der Waals surface area contributed by atoms with Gasteiger partial charge in [-0.2, -0.15) is 0 Å². The Morgan fingerprint density at radius 1 is 1.38 bits per heavy atom. The third-order valence-electron chi connectivity index (χ3n) is 1.73. The van der Waals surface area contributed by atoms with E-state index in [2.05, 4.69) is 25.7 Å². The number of rotatable bonds is 5. The number of hydrogen-bond acceptors (Lipinski definition) is 5. The zero-order valence-electron chi connectivity index (χ0n) is 9.03. The van der Waals surface area contributed by atoms with Gasteiger partial charge < -0.3 is 14.2 Å². The molecule has 1 aromatic heterocycles. The third kappa shape index (κ3) is 3.46. The highest BCUT2D eigenvalue weighted by Crippen LogP contribution is 2.22. The molecule has 16 heavy (non-hydrogen) atoms. The molecule has 0 fully saturated rings. The fourth-order valence-corrected chi connectivity index (χ4v) is 1.30. The number of ether oxygens (including phenoxy) is 3. The number of esters is 1. The molecule has 0 aliphatic heterocycles. The lowest BCUT2D eigenvalue weighted by Crippen LogP contribution is -2.09. The molecule has 0 unspecified atom stereocenters. The van der Waals surface area contributed by atoms with Gasteiger partial charge in [-0.1, -0.05) is 0 Å². The summed E-state index contributed by atoms with van der Waals surface area (Å²) < 4.78 is 15.4. The fraction of sp³-hybridized carbons (Fsp3) is 0.400. The predicted molar refractivity (Wildman–Crippen MR) is 60.6 cm³/mol. The summed E-state index contributed by atoms with van der Waals surface area (Å²) in [6, 6.07) is 3.24. The molecule has 0 saturated carbocycles. The Bertz CT molecular complexity index is 370. The van der Waals surface area contributed by atoms with E-state index in [9.17, 15) is 4.79 Å². The lowest BCUT2D eigenvalue weighted by atomic mass is 10.3. The van der Waals surface area contributed by atoms with Crippen molar-refractivity contribution in [1.82, 2.24) is 4.98 Å². The van der Waals surface area contributed by atoms with Crippen LogP contribution in [0.4, 0.5) is 0 Å². The maximum absolute atomic E-state index is 11.2. The molecular weight excluding hydrogens is 278 g/mol. The molecule has 0 aliphatic rings. The number of aromatic nitrogens is 1. The third-order valence-corrected chi connectivity index (χ3v) is 2.34. The Balaban J connectivity index is 2.78. The van der Waals surface area contributed by atoms with Crippen molar-refractivity contribution in [3.05, 3.63) is 22.3 Å². The van der Waals surface area contributed by atoms with E-state index < -0.39 is 5.97 Å². The van der Waals surface area contributed by atoms with Crippen LogP contribution in [-0.4, -0.2) is 38.4 Å². The highest BCUT2D eigenvalue weighted by molar-refractivity contribution is 9.10. The van der Waals surface area contributed by atoms with E-state index in [-0.39, 0.29) is 5.69 Å². The van der Waals surface area contributed by atoms with Crippen molar-refractivity contribution >= 4 is 21.9 Å². The second kappa shape index (κ2) is 6.44. The van der Waals surface area contributed by atoms with E-state index >= 15 is 0 Å². The first kappa shape index (κ1) is 12.9. The first-order valence-electron chi connectivity index (χ1n) is 4.55. The van der Waals surface area contributed by atoms with Crippen LogP contribution < -0.4 is 4.74 Å².